The van der Waals surface area contributed by atoms with Gasteiger partial charge in [0.25, 0.3) is 0 Å². The first-order chi connectivity index (χ1) is 8.83. The summed E-state index contributed by atoms with van der Waals surface area (Å²) in [6.45, 7) is 3.10. The Labute approximate surface area is 110 Å². The molecule has 8 heteroatoms. The summed E-state index contributed by atoms with van der Waals surface area (Å²) in [4.78, 5) is 0. The van der Waals surface area contributed by atoms with Crippen molar-refractivity contribution in [3.63, 3.8) is 0 Å². The summed E-state index contributed by atoms with van der Waals surface area (Å²) >= 11 is 1.07. The summed E-state index contributed by atoms with van der Waals surface area (Å²) in [5.41, 5.74) is 0. The predicted octanol–water partition coefficient (Wildman–Crippen LogP) is -0.470. The van der Waals surface area contributed by atoms with Crippen LogP contribution in [0.15, 0.2) is 6.20 Å². The van der Waals surface area contributed by atoms with Crippen molar-refractivity contribution in [3.8, 4) is 5.88 Å². The largest absolute Gasteiger partial charge is 0.473 e. The van der Waals surface area contributed by atoms with Crippen LogP contribution < -0.4 is 10.1 Å². The summed E-state index contributed by atoms with van der Waals surface area (Å²) in [7, 11) is 1.63. The van der Waals surface area contributed by atoms with Crippen LogP contribution in [0.3, 0.4) is 0 Å². The van der Waals surface area contributed by atoms with Gasteiger partial charge in [-0.2, -0.15) is 4.37 Å². The van der Waals surface area contributed by atoms with Crippen molar-refractivity contribution in [2.45, 2.75) is 6.10 Å². The van der Waals surface area contributed by atoms with Gasteiger partial charge in [-0.05, 0) is 0 Å². The van der Waals surface area contributed by atoms with E-state index in [1.807, 2.05) is 0 Å². The topological polar surface area (TPSA) is 85.7 Å². The molecule has 0 amide bonds. The van der Waals surface area contributed by atoms with Crippen molar-refractivity contribution < 1.29 is 19.3 Å². The molecule has 1 atom stereocenters. The minimum absolute atomic E-state index is 0.197. The molecule has 0 spiro atoms. The molecule has 1 aromatic heterocycles. The molecular weight excluding hydrogens is 258 g/mol. The number of methoxy groups -OCH3 is 1. The molecule has 0 radical (unpaired) electrons. The number of aliphatic hydroxyl groups excluding tert-OH is 1. The maximum atomic E-state index is 9.60. The Hall–Kier alpha value is -0.800. The monoisotopic (exact) mass is 277 g/mol. The molecule has 0 bridgehead atoms. The lowest BCUT2D eigenvalue weighted by atomic mass is 10.4. The van der Waals surface area contributed by atoms with Crippen LogP contribution in [0.2, 0.25) is 0 Å². The van der Waals surface area contributed by atoms with Crippen LogP contribution in [0.25, 0.3) is 0 Å². The maximum Gasteiger partial charge on any atom is 0.245 e. The Morgan fingerprint density at radius 2 is 2.33 bits per heavy atom. The molecule has 0 aliphatic heterocycles. The molecule has 0 aliphatic carbocycles. The van der Waals surface area contributed by atoms with Crippen LogP contribution in [0, 0.1) is 0 Å². The zero-order chi connectivity index (χ0) is 13.1. The van der Waals surface area contributed by atoms with E-state index in [0.717, 1.165) is 11.7 Å². The Kier molecular flexibility index (Phi) is 8.61. The fourth-order valence-corrected chi connectivity index (χ4v) is 1.48. The molecule has 1 unspecified atom stereocenters. The molecule has 1 rings (SSSR count). The van der Waals surface area contributed by atoms with E-state index in [0.29, 0.717) is 38.8 Å². The molecule has 104 valence electrons. The predicted molar refractivity (Wildman–Crippen MR) is 67.0 cm³/mol. The zero-order valence-electron chi connectivity index (χ0n) is 10.4. The number of hydrogen-bond donors (Lipinski definition) is 2. The number of ether oxygens (including phenoxy) is 3. The molecule has 0 saturated heterocycles. The molecular formula is C10H19N3O4S. The molecule has 0 saturated carbocycles. The van der Waals surface area contributed by atoms with Gasteiger partial charge in [-0.15, -0.1) is 4.37 Å². The Morgan fingerprint density at radius 3 is 3.06 bits per heavy atom. The second-order valence-corrected chi connectivity index (χ2v) is 4.08. The van der Waals surface area contributed by atoms with E-state index < -0.39 is 6.10 Å². The average Bonchev–Trinajstić information content (AvgIpc) is 2.88. The van der Waals surface area contributed by atoms with Crippen molar-refractivity contribution in [1.82, 2.24) is 14.1 Å². The lowest BCUT2D eigenvalue weighted by Gasteiger charge is -2.11. The second kappa shape index (κ2) is 10.2. The highest BCUT2D eigenvalue weighted by atomic mass is 32.1. The Morgan fingerprint density at radius 1 is 1.44 bits per heavy atom. The number of rotatable bonds is 11. The first kappa shape index (κ1) is 15.3. The van der Waals surface area contributed by atoms with Crippen LogP contribution in [0.1, 0.15) is 0 Å². The van der Waals surface area contributed by atoms with Crippen LogP contribution in [-0.4, -0.2) is 66.6 Å². The standard InChI is InChI=1S/C10H19N3O4S/c1-15-4-5-16-3-2-11-6-9(14)8-17-10-7-12-18-13-10/h7,9,11,14H,2-6,8H2,1H3. The minimum Gasteiger partial charge on any atom is -0.473 e. The van der Waals surface area contributed by atoms with Gasteiger partial charge in [-0.3, -0.25) is 0 Å². The van der Waals surface area contributed by atoms with Crippen LogP contribution in [0.5, 0.6) is 5.88 Å². The van der Waals surface area contributed by atoms with E-state index in [2.05, 4.69) is 14.1 Å². The number of nitrogens with zero attached hydrogens (tertiary/aromatic N) is 2. The molecule has 0 fully saturated rings. The number of aromatic nitrogens is 2. The van der Waals surface area contributed by atoms with E-state index in [4.69, 9.17) is 14.2 Å². The third-order valence-electron chi connectivity index (χ3n) is 2.00. The smallest absolute Gasteiger partial charge is 0.245 e. The van der Waals surface area contributed by atoms with E-state index >= 15 is 0 Å². The van der Waals surface area contributed by atoms with Gasteiger partial charge in [-0.25, -0.2) is 0 Å². The van der Waals surface area contributed by atoms with Crippen LogP contribution in [-0.2, 0) is 9.47 Å². The van der Waals surface area contributed by atoms with Crippen LogP contribution in [0.4, 0.5) is 0 Å². The molecule has 2 N–H and O–H groups in total. The van der Waals surface area contributed by atoms with Crippen molar-refractivity contribution in [1.29, 1.82) is 0 Å². The fourth-order valence-electron chi connectivity index (χ4n) is 1.12. The van der Waals surface area contributed by atoms with Gasteiger partial charge in [0, 0.05) is 20.2 Å². The molecule has 0 aliphatic rings. The third kappa shape index (κ3) is 7.51. The zero-order valence-corrected chi connectivity index (χ0v) is 11.2. The Bertz CT molecular complexity index is 287. The molecule has 1 aromatic rings. The molecule has 18 heavy (non-hydrogen) atoms. The van der Waals surface area contributed by atoms with E-state index in [1.165, 1.54) is 6.20 Å². The normalized spacial score (nSPS) is 12.6. The summed E-state index contributed by atoms with van der Waals surface area (Å²) in [6.07, 6.45) is 0.944. The van der Waals surface area contributed by atoms with Crippen LogP contribution >= 0.6 is 11.7 Å². The average molecular weight is 277 g/mol. The number of nitrogens with one attached hydrogen (secondary N) is 1. The number of hydrogen-bond acceptors (Lipinski definition) is 8. The van der Waals surface area contributed by atoms with Crippen molar-refractivity contribution in [2.24, 2.45) is 0 Å². The highest BCUT2D eigenvalue weighted by Gasteiger charge is 2.05. The quantitative estimate of drug-likeness (QED) is 0.529. The van der Waals surface area contributed by atoms with E-state index in [-0.39, 0.29) is 6.61 Å². The maximum absolute atomic E-state index is 9.60. The van der Waals surface area contributed by atoms with Gasteiger partial charge in [-0.1, -0.05) is 0 Å². The van der Waals surface area contributed by atoms with Crippen molar-refractivity contribution in [2.75, 3.05) is 46.6 Å². The third-order valence-corrected chi connectivity index (χ3v) is 2.46. The second-order valence-electron chi connectivity index (χ2n) is 3.52. The van der Waals surface area contributed by atoms with Gasteiger partial charge in [0.05, 0.1) is 31.5 Å². The fraction of sp³-hybridized carbons (Fsp3) is 0.800. The minimum atomic E-state index is -0.578. The summed E-state index contributed by atoms with van der Waals surface area (Å²) in [5.74, 6) is 0.446. The lowest BCUT2D eigenvalue weighted by Crippen LogP contribution is -2.33. The van der Waals surface area contributed by atoms with Crippen molar-refractivity contribution in [3.05, 3.63) is 6.20 Å². The highest BCUT2D eigenvalue weighted by molar-refractivity contribution is 6.99. The number of aliphatic hydroxyl groups is 1. The summed E-state index contributed by atoms with van der Waals surface area (Å²) < 4.78 is 23.0. The van der Waals surface area contributed by atoms with E-state index in [9.17, 15) is 5.11 Å². The molecule has 7 nitrogen and oxygen atoms in total. The van der Waals surface area contributed by atoms with Gasteiger partial charge in [0.15, 0.2) is 0 Å². The van der Waals surface area contributed by atoms with Crippen molar-refractivity contribution >= 4 is 11.7 Å². The van der Waals surface area contributed by atoms with Gasteiger partial charge < -0.3 is 24.6 Å². The molecule has 0 aromatic carbocycles. The summed E-state index contributed by atoms with van der Waals surface area (Å²) in [6, 6.07) is 0. The Balaban J connectivity index is 1.89. The van der Waals surface area contributed by atoms with E-state index in [1.54, 1.807) is 7.11 Å². The van der Waals surface area contributed by atoms with Gasteiger partial charge in [0.1, 0.15) is 18.9 Å². The first-order valence-electron chi connectivity index (χ1n) is 5.68. The lowest BCUT2D eigenvalue weighted by molar-refractivity contribution is 0.0677. The van der Waals surface area contributed by atoms with Gasteiger partial charge in [0.2, 0.25) is 5.88 Å². The summed E-state index contributed by atoms with van der Waals surface area (Å²) in [5, 5.41) is 12.7. The van der Waals surface area contributed by atoms with Gasteiger partial charge >= 0.3 is 0 Å². The first-order valence-corrected chi connectivity index (χ1v) is 6.41. The SMILES string of the molecule is COCCOCCNCC(O)COc1cnsn1. The highest BCUT2D eigenvalue weighted by Crippen LogP contribution is 2.04. The molecule has 1 heterocycles.